The van der Waals surface area contributed by atoms with Gasteiger partial charge in [0.25, 0.3) is 11.8 Å². The second kappa shape index (κ2) is 10.2. The van der Waals surface area contributed by atoms with Crippen molar-refractivity contribution in [3.8, 4) is 0 Å². The van der Waals surface area contributed by atoms with Crippen LogP contribution in [0.5, 0.6) is 0 Å². The molecular formula is C23H28N3O2S+. The number of hydrogen-bond acceptors (Lipinski definition) is 3. The summed E-state index contributed by atoms with van der Waals surface area (Å²) in [6, 6.07) is 18.2. The molecule has 0 spiro atoms. The van der Waals surface area contributed by atoms with Crippen molar-refractivity contribution in [2.24, 2.45) is 0 Å². The Hall–Kier alpha value is -2.70. The molecule has 6 heteroatoms. The van der Waals surface area contributed by atoms with Gasteiger partial charge in [-0.05, 0) is 41.6 Å². The number of nitrogens with one attached hydrogen (secondary N) is 3. The van der Waals surface area contributed by atoms with Gasteiger partial charge in [-0.15, -0.1) is 11.3 Å². The van der Waals surface area contributed by atoms with E-state index in [-0.39, 0.29) is 30.9 Å². The highest BCUT2D eigenvalue weighted by atomic mass is 32.1. The molecule has 0 aliphatic heterocycles. The van der Waals surface area contributed by atoms with Crippen LogP contribution < -0.4 is 15.5 Å². The Labute approximate surface area is 175 Å². The summed E-state index contributed by atoms with van der Waals surface area (Å²) in [7, 11) is 0. The van der Waals surface area contributed by atoms with Crippen molar-refractivity contribution in [2.75, 3.05) is 19.6 Å². The van der Waals surface area contributed by atoms with Crippen LogP contribution in [0.2, 0.25) is 0 Å². The molecule has 0 radical (unpaired) electrons. The fourth-order valence-electron chi connectivity index (χ4n) is 3.43. The lowest BCUT2D eigenvalue weighted by atomic mass is 10.00. The molecule has 3 aromatic rings. The van der Waals surface area contributed by atoms with Gasteiger partial charge in [0.2, 0.25) is 0 Å². The molecule has 29 heavy (non-hydrogen) atoms. The third kappa shape index (κ3) is 5.89. The fraction of sp³-hybridized carbons (Fsp3) is 0.304. The first-order valence-corrected chi connectivity index (χ1v) is 10.8. The molecule has 0 aliphatic rings. The minimum absolute atomic E-state index is 0.0369. The molecule has 2 amide bonds. The number of hydrogen-bond donors (Lipinski definition) is 3. The first-order valence-electron chi connectivity index (χ1n) is 9.96. The third-order valence-corrected chi connectivity index (χ3v) is 5.90. The van der Waals surface area contributed by atoms with Crippen LogP contribution in [0, 0.1) is 0 Å². The lowest BCUT2D eigenvalue weighted by Crippen LogP contribution is -3.14. The van der Waals surface area contributed by atoms with Crippen molar-refractivity contribution in [1.29, 1.82) is 0 Å². The van der Waals surface area contributed by atoms with Crippen molar-refractivity contribution in [3.63, 3.8) is 0 Å². The Balaban J connectivity index is 1.53. The summed E-state index contributed by atoms with van der Waals surface area (Å²) in [6.45, 7) is 5.80. The van der Waals surface area contributed by atoms with Crippen LogP contribution in [0.4, 0.5) is 0 Å². The summed E-state index contributed by atoms with van der Waals surface area (Å²) in [5, 5.41) is 10.3. The molecule has 1 aromatic heterocycles. The van der Waals surface area contributed by atoms with E-state index in [0.717, 1.165) is 26.1 Å². The fourth-order valence-corrected chi connectivity index (χ4v) is 4.07. The zero-order valence-electron chi connectivity index (χ0n) is 16.9. The molecule has 3 rings (SSSR count). The van der Waals surface area contributed by atoms with E-state index in [4.69, 9.17) is 0 Å². The van der Waals surface area contributed by atoms with Crippen molar-refractivity contribution >= 4 is 33.9 Å². The van der Waals surface area contributed by atoms with Gasteiger partial charge in [-0.2, -0.15) is 0 Å². The number of quaternary nitrogens is 1. The number of thiophene rings is 1. The standard InChI is InChI=1S/C23H27N3O2S/c1-3-26(15-22(27)24-14-19-10-7-13-29-19)16-23(28)25-17(2)20-12-6-9-18-8-4-5-11-21(18)20/h4-13,17H,3,14-16H2,1-2H3,(H,24,27)(H,25,28)/p+1/t17-/m1/s1. The number of likely N-dealkylation sites (N-methyl/N-ethyl adjacent to an activating group) is 1. The Morgan fingerprint density at radius 2 is 1.76 bits per heavy atom. The van der Waals surface area contributed by atoms with Gasteiger partial charge in [-0.1, -0.05) is 48.5 Å². The van der Waals surface area contributed by atoms with E-state index in [9.17, 15) is 9.59 Å². The van der Waals surface area contributed by atoms with E-state index in [2.05, 4.69) is 34.9 Å². The van der Waals surface area contributed by atoms with Crippen LogP contribution >= 0.6 is 11.3 Å². The van der Waals surface area contributed by atoms with E-state index in [1.54, 1.807) is 11.3 Å². The van der Waals surface area contributed by atoms with Gasteiger partial charge >= 0.3 is 0 Å². The lowest BCUT2D eigenvalue weighted by Gasteiger charge is -2.20. The van der Waals surface area contributed by atoms with Crippen molar-refractivity contribution in [1.82, 2.24) is 10.6 Å². The number of carbonyl (C=O) groups excluding carboxylic acids is 2. The smallest absolute Gasteiger partial charge is 0.275 e. The highest BCUT2D eigenvalue weighted by molar-refractivity contribution is 7.09. The SMILES string of the molecule is CC[NH+](CC(=O)NCc1cccs1)CC(=O)N[C@H](C)c1cccc2ccccc12. The first-order chi connectivity index (χ1) is 14.1. The van der Waals surface area contributed by atoms with Gasteiger partial charge in [0.15, 0.2) is 13.1 Å². The number of fused-ring (bicyclic) bond motifs is 1. The van der Waals surface area contributed by atoms with E-state index >= 15 is 0 Å². The first kappa shape index (κ1) is 21.0. The second-order valence-electron chi connectivity index (χ2n) is 7.17. The Morgan fingerprint density at radius 3 is 2.52 bits per heavy atom. The molecular weight excluding hydrogens is 382 g/mol. The van der Waals surface area contributed by atoms with Crippen molar-refractivity contribution in [2.45, 2.75) is 26.4 Å². The third-order valence-electron chi connectivity index (χ3n) is 5.03. The van der Waals surface area contributed by atoms with Crippen LogP contribution in [0.1, 0.15) is 30.3 Å². The predicted octanol–water partition coefficient (Wildman–Crippen LogP) is 2.30. The molecule has 0 saturated heterocycles. The topological polar surface area (TPSA) is 62.6 Å². The average molecular weight is 411 g/mol. The molecule has 0 bridgehead atoms. The molecule has 2 atom stereocenters. The molecule has 1 unspecified atom stereocenters. The molecule has 3 N–H and O–H groups in total. The van der Waals surface area contributed by atoms with Crippen molar-refractivity contribution in [3.05, 3.63) is 70.4 Å². The van der Waals surface area contributed by atoms with E-state index in [1.165, 1.54) is 0 Å². The van der Waals surface area contributed by atoms with Crippen molar-refractivity contribution < 1.29 is 14.5 Å². The minimum Gasteiger partial charge on any atom is -0.346 e. The number of benzene rings is 2. The summed E-state index contributed by atoms with van der Waals surface area (Å²) < 4.78 is 0. The Morgan fingerprint density at radius 1 is 1.00 bits per heavy atom. The number of amides is 2. The predicted molar refractivity (Wildman–Crippen MR) is 118 cm³/mol. The molecule has 0 fully saturated rings. The maximum absolute atomic E-state index is 12.6. The summed E-state index contributed by atoms with van der Waals surface area (Å²) in [6.07, 6.45) is 0. The van der Waals surface area contributed by atoms with E-state index in [0.29, 0.717) is 13.1 Å². The monoisotopic (exact) mass is 410 g/mol. The van der Waals surface area contributed by atoms with E-state index in [1.807, 2.05) is 49.6 Å². The second-order valence-corrected chi connectivity index (χ2v) is 8.20. The summed E-state index contributed by atoms with van der Waals surface area (Å²) in [5.41, 5.74) is 1.10. The highest BCUT2D eigenvalue weighted by Gasteiger charge is 2.19. The maximum atomic E-state index is 12.6. The molecule has 2 aromatic carbocycles. The molecule has 0 saturated carbocycles. The van der Waals surface area contributed by atoms with Gasteiger partial charge in [0, 0.05) is 4.88 Å². The largest absolute Gasteiger partial charge is 0.346 e. The van der Waals surface area contributed by atoms with Crippen LogP contribution in [0.3, 0.4) is 0 Å². The Kier molecular flexibility index (Phi) is 7.38. The zero-order chi connectivity index (χ0) is 20.6. The number of rotatable bonds is 9. The van der Waals surface area contributed by atoms with Crippen LogP contribution in [-0.2, 0) is 16.1 Å². The zero-order valence-corrected chi connectivity index (χ0v) is 17.7. The number of carbonyl (C=O) groups is 2. The molecule has 0 aliphatic carbocycles. The van der Waals surface area contributed by atoms with Gasteiger partial charge in [0.05, 0.1) is 19.1 Å². The lowest BCUT2D eigenvalue weighted by molar-refractivity contribution is -0.881. The van der Waals surface area contributed by atoms with Crippen LogP contribution in [0.25, 0.3) is 10.8 Å². The molecule has 152 valence electrons. The maximum Gasteiger partial charge on any atom is 0.275 e. The van der Waals surface area contributed by atoms with Gasteiger partial charge in [-0.25, -0.2) is 0 Å². The van der Waals surface area contributed by atoms with E-state index < -0.39 is 0 Å². The molecule has 5 nitrogen and oxygen atoms in total. The van der Waals surface area contributed by atoms with Gasteiger partial charge < -0.3 is 15.5 Å². The van der Waals surface area contributed by atoms with Gasteiger partial charge in [-0.3, -0.25) is 9.59 Å². The summed E-state index contributed by atoms with van der Waals surface area (Å²) in [4.78, 5) is 26.9. The van der Waals surface area contributed by atoms with Crippen LogP contribution in [0.15, 0.2) is 60.0 Å². The Bertz CT molecular complexity index is 950. The minimum atomic E-state index is -0.0978. The quantitative estimate of drug-likeness (QED) is 0.507. The average Bonchev–Trinajstić information content (AvgIpc) is 3.25. The van der Waals surface area contributed by atoms with Crippen LogP contribution in [-0.4, -0.2) is 31.4 Å². The summed E-state index contributed by atoms with van der Waals surface area (Å²) in [5.74, 6) is -0.0847. The van der Waals surface area contributed by atoms with Gasteiger partial charge in [0.1, 0.15) is 0 Å². The molecule has 1 heterocycles. The normalized spacial score (nSPS) is 13.0. The highest BCUT2D eigenvalue weighted by Crippen LogP contribution is 2.23. The summed E-state index contributed by atoms with van der Waals surface area (Å²) >= 11 is 1.62.